The predicted molar refractivity (Wildman–Crippen MR) is 117 cm³/mol. The highest BCUT2D eigenvalue weighted by molar-refractivity contribution is 5.65. The van der Waals surface area contributed by atoms with E-state index in [1.54, 1.807) is 6.07 Å². The lowest BCUT2D eigenvalue weighted by Crippen LogP contribution is -2.60. The summed E-state index contributed by atoms with van der Waals surface area (Å²) >= 11 is 0. The molecule has 2 aliphatic heterocycles. The summed E-state index contributed by atoms with van der Waals surface area (Å²) in [6.07, 6.45) is -0.231. The minimum Gasteiger partial charge on any atom is -0.488 e. The van der Waals surface area contributed by atoms with Crippen LogP contribution in [0.4, 0.5) is 13.6 Å². The van der Waals surface area contributed by atoms with E-state index in [0.29, 0.717) is 26.1 Å². The molecule has 1 aromatic rings. The van der Waals surface area contributed by atoms with E-state index in [9.17, 15) is 18.7 Å². The fraction of sp³-hybridized carbons (Fsp3) is 0.652. The van der Waals surface area contributed by atoms with Gasteiger partial charge in [-0.15, -0.1) is 0 Å². The molecule has 2 atom stereocenters. The number of nitrogens with zero attached hydrogens (tertiary/aromatic N) is 4. The Hall–Kier alpha value is -2.48. The highest BCUT2D eigenvalue weighted by atomic mass is 19.1. The molecule has 2 aliphatic rings. The van der Waals surface area contributed by atoms with Crippen LogP contribution in [0, 0.1) is 23.0 Å². The van der Waals surface area contributed by atoms with Gasteiger partial charge in [-0.2, -0.15) is 5.26 Å². The summed E-state index contributed by atoms with van der Waals surface area (Å²) in [7, 11) is 0. The molecular formula is C23H32F2N4O4. The second-order valence-electron chi connectivity index (χ2n) is 9.59. The van der Waals surface area contributed by atoms with E-state index in [2.05, 4.69) is 9.80 Å². The minimum absolute atomic E-state index is 0.0414. The number of nitriles is 1. The van der Waals surface area contributed by atoms with Gasteiger partial charge < -0.3 is 19.5 Å². The van der Waals surface area contributed by atoms with Crippen molar-refractivity contribution in [3.63, 3.8) is 0 Å². The highest BCUT2D eigenvalue weighted by Crippen LogP contribution is 2.24. The minimum atomic E-state index is -0.912. The number of carbonyl (C=O) groups is 1. The number of halogens is 2. The maximum Gasteiger partial charge on any atom is 0.407 e. The summed E-state index contributed by atoms with van der Waals surface area (Å²) < 4.78 is 39.2. The number of fused-ring (bicyclic) bond motifs is 2. The quantitative estimate of drug-likeness (QED) is 0.590. The third-order valence-electron chi connectivity index (χ3n) is 5.91. The Morgan fingerprint density at radius 1 is 1.18 bits per heavy atom. The lowest BCUT2D eigenvalue weighted by Gasteiger charge is -2.46. The van der Waals surface area contributed by atoms with E-state index in [1.807, 2.05) is 20.8 Å². The van der Waals surface area contributed by atoms with Gasteiger partial charge in [0.15, 0.2) is 17.4 Å². The molecule has 0 aliphatic carbocycles. The molecule has 2 unspecified atom stereocenters. The first-order chi connectivity index (χ1) is 15.6. The standard InChI is InChI=1S/C23H32F2N4O4/c1-23(2,3)29(22(30)31)7-6-28-14-17-12-27(13-18(15-28)33-17)5-4-8-32-21-19(24)9-16(11-26)10-20(21)25/h9-10,17-18H,4-8,12-15H2,1-3H3,(H,30,31). The van der Waals surface area contributed by atoms with E-state index in [-0.39, 0.29) is 24.4 Å². The monoisotopic (exact) mass is 466 g/mol. The van der Waals surface area contributed by atoms with Crippen molar-refractivity contribution in [2.75, 3.05) is 52.4 Å². The summed E-state index contributed by atoms with van der Waals surface area (Å²) in [5, 5.41) is 18.2. The Morgan fingerprint density at radius 3 is 2.21 bits per heavy atom. The van der Waals surface area contributed by atoms with Crippen molar-refractivity contribution >= 4 is 6.09 Å². The first kappa shape index (κ1) is 25.1. The van der Waals surface area contributed by atoms with Crippen LogP contribution >= 0.6 is 0 Å². The van der Waals surface area contributed by atoms with Crippen molar-refractivity contribution in [3.8, 4) is 11.8 Å². The van der Waals surface area contributed by atoms with Crippen molar-refractivity contribution < 1.29 is 28.2 Å². The Bertz CT molecular complexity index is 849. The van der Waals surface area contributed by atoms with Crippen LogP contribution < -0.4 is 4.74 Å². The van der Waals surface area contributed by atoms with E-state index in [1.165, 1.54) is 4.90 Å². The molecule has 0 radical (unpaired) electrons. The average Bonchev–Trinajstić information content (AvgIpc) is 2.70. The molecule has 3 rings (SSSR count). The summed E-state index contributed by atoms with van der Waals surface area (Å²) in [4.78, 5) is 17.5. The fourth-order valence-corrected chi connectivity index (χ4v) is 4.41. The van der Waals surface area contributed by atoms with Gasteiger partial charge >= 0.3 is 6.09 Å². The van der Waals surface area contributed by atoms with Crippen LogP contribution in [0.2, 0.25) is 0 Å². The molecule has 8 nitrogen and oxygen atoms in total. The van der Waals surface area contributed by atoms with Crippen LogP contribution in [-0.4, -0.2) is 96.1 Å². The van der Waals surface area contributed by atoms with Gasteiger partial charge in [0.05, 0.1) is 30.4 Å². The number of hydrogen-bond donors (Lipinski definition) is 1. The molecule has 1 amide bonds. The molecule has 10 heteroatoms. The van der Waals surface area contributed by atoms with E-state index in [0.717, 1.165) is 38.3 Å². The SMILES string of the molecule is CC(C)(C)N(CCN1CC2CN(CCCOc3c(F)cc(C#N)cc3F)CC(C1)O2)C(=O)O. The van der Waals surface area contributed by atoms with E-state index < -0.39 is 29.0 Å². The van der Waals surface area contributed by atoms with E-state index >= 15 is 0 Å². The first-order valence-electron chi connectivity index (χ1n) is 11.2. The molecule has 1 aromatic carbocycles. The zero-order chi connectivity index (χ0) is 24.2. The lowest BCUT2D eigenvalue weighted by atomic mass is 10.1. The van der Waals surface area contributed by atoms with Crippen LogP contribution in [0.25, 0.3) is 0 Å². The van der Waals surface area contributed by atoms with Crippen molar-refractivity contribution in [2.24, 2.45) is 0 Å². The van der Waals surface area contributed by atoms with Crippen LogP contribution in [0.3, 0.4) is 0 Å². The van der Waals surface area contributed by atoms with Gasteiger partial charge in [0.2, 0.25) is 0 Å². The average molecular weight is 467 g/mol. The van der Waals surface area contributed by atoms with Crippen LogP contribution in [0.1, 0.15) is 32.8 Å². The number of benzene rings is 1. The Morgan fingerprint density at radius 2 is 1.73 bits per heavy atom. The summed E-state index contributed by atoms with van der Waals surface area (Å²) in [6, 6.07) is 3.63. The predicted octanol–water partition coefficient (Wildman–Crippen LogP) is 2.77. The van der Waals surface area contributed by atoms with Gasteiger partial charge in [0, 0.05) is 51.4 Å². The molecule has 2 heterocycles. The van der Waals surface area contributed by atoms with E-state index in [4.69, 9.17) is 14.7 Å². The number of rotatable bonds is 8. The van der Waals surface area contributed by atoms with Gasteiger partial charge in [0.1, 0.15) is 0 Å². The van der Waals surface area contributed by atoms with Crippen molar-refractivity contribution in [1.29, 1.82) is 5.26 Å². The number of morpholine rings is 2. The molecule has 1 N–H and O–H groups in total. The van der Waals surface area contributed by atoms with Crippen LogP contribution in [-0.2, 0) is 4.74 Å². The zero-order valence-corrected chi connectivity index (χ0v) is 19.4. The molecule has 0 saturated carbocycles. The maximum absolute atomic E-state index is 13.9. The van der Waals surface area contributed by atoms with Gasteiger partial charge in [-0.25, -0.2) is 13.6 Å². The number of hydrogen-bond acceptors (Lipinski definition) is 6. The fourth-order valence-electron chi connectivity index (χ4n) is 4.41. The molecule has 0 aromatic heterocycles. The third-order valence-corrected chi connectivity index (χ3v) is 5.91. The highest BCUT2D eigenvalue weighted by Gasteiger charge is 2.35. The Labute approximate surface area is 193 Å². The van der Waals surface area contributed by atoms with Crippen LogP contribution in [0.5, 0.6) is 5.75 Å². The third kappa shape index (κ3) is 6.76. The number of ether oxygens (including phenoxy) is 2. The topological polar surface area (TPSA) is 89.3 Å². The normalized spacial score (nSPS) is 21.5. The molecule has 0 spiro atoms. The van der Waals surface area contributed by atoms with Gasteiger partial charge in [-0.3, -0.25) is 9.80 Å². The summed E-state index contributed by atoms with van der Waals surface area (Å²) in [5.74, 6) is -2.20. The largest absolute Gasteiger partial charge is 0.488 e. The molecule has 2 fully saturated rings. The van der Waals surface area contributed by atoms with Gasteiger partial charge in [-0.1, -0.05) is 0 Å². The van der Waals surface area contributed by atoms with Crippen molar-refractivity contribution in [2.45, 2.75) is 44.9 Å². The van der Waals surface area contributed by atoms with Crippen molar-refractivity contribution in [1.82, 2.24) is 14.7 Å². The number of amides is 1. The molecular weight excluding hydrogens is 434 g/mol. The molecule has 182 valence electrons. The molecule has 2 bridgehead atoms. The zero-order valence-electron chi connectivity index (χ0n) is 19.4. The maximum atomic E-state index is 13.9. The van der Waals surface area contributed by atoms with Crippen molar-refractivity contribution in [3.05, 3.63) is 29.3 Å². The first-order valence-corrected chi connectivity index (χ1v) is 11.2. The second kappa shape index (κ2) is 10.6. The second-order valence-corrected chi connectivity index (χ2v) is 9.59. The van der Waals surface area contributed by atoms with Gasteiger partial charge in [0.25, 0.3) is 0 Å². The Kier molecular flexibility index (Phi) is 8.10. The molecule has 33 heavy (non-hydrogen) atoms. The van der Waals surface area contributed by atoms with Crippen LogP contribution in [0.15, 0.2) is 12.1 Å². The Balaban J connectivity index is 1.42. The molecule has 2 saturated heterocycles. The summed E-state index contributed by atoms with van der Waals surface area (Å²) in [6.45, 7) is 10.6. The smallest absolute Gasteiger partial charge is 0.407 e. The number of carboxylic acid groups (broad SMARTS) is 1. The lowest BCUT2D eigenvalue weighted by molar-refractivity contribution is -0.139. The van der Waals surface area contributed by atoms with Gasteiger partial charge in [-0.05, 0) is 39.3 Å². The summed E-state index contributed by atoms with van der Waals surface area (Å²) in [5.41, 5.74) is -0.531.